The molecule has 1 aromatic rings. The normalized spacial score (nSPS) is 21.5. The summed E-state index contributed by atoms with van der Waals surface area (Å²) >= 11 is 1.39. The van der Waals surface area contributed by atoms with E-state index in [2.05, 4.69) is 0 Å². The molecule has 0 spiro atoms. The first kappa shape index (κ1) is 8.44. The molecule has 1 heterocycles. The molecule has 4 heteroatoms. The highest BCUT2D eigenvalue weighted by Crippen LogP contribution is 2.39. The molecule has 1 fully saturated rings. The fourth-order valence-corrected chi connectivity index (χ4v) is 2.08. The Morgan fingerprint density at radius 3 is 2.85 bits per heavy atom. The number of aromatic hydroxyl groups is 1. The molecule has 0 aromatic heterocycles. The van der Waals surface area contributed by atoms with Crippen LogP contribution >= 0.6 is 11.8 Å². The summed E-state index contributed by atoms with van der Waals surface area (Å²) in [5.41, 5.74) is 0.326. The minimum absolute atomic E-state index is 0.176. The van der Waals surface area contributed by atoms with Crippen molar-refractivity contribution in [3.8, 4) is 5.75 Å². The van der Waals surface area contributed by atoms with Gasteiger partial charge in [0.1, 0.15) is 5.75 Å². The minimum atomic E-state index is -0.339. The van der Waals surface area contributed by atoms with E-state index < -0.39 is 0 Å². The average Bonchev–Trinajstić information content (AvgIpc) is 2.53. The van der Waals surface area contributed by atoms with Crippen LogP contribution in [0.2, 0.25) is 0 Å². The third-order valence-electron chi connectivity index (χ3n) is 1.78. The molecule has 1 saturated heterocycles. The zero-order valence-corrected chi connectivity index (χ0v) is 7.58. The molecule has 3 nitrogen and oxygen atoms in total. The van der Waals surface area contributed by atoms with Crippen molar-refractivity contribution in [1.82, 2.24) is 0 Å². The number of phenolic OH excluding ortho intramolecular Hbond substituents is 1. The van der Waals surface area contributed by atoms with Crippen molar-refractivity contribution in [2.45, 2.75) is 5.44 Å². The van der Waals surface area contributed by atoms with Gasteiger partial charge < -0.3 is 9.84 Å². The highest BCUT2D eigenvalue weighted by atomic mass is 32.2. The first-order valence-corrected chi connectivity index (χ1v) is 4.91. The van der Waals surface area contributed by atoms with Gasteiger partial charge in [-0.3, -0.25) is 4.79 Å². The van der Waals surface area contributed by atoms with Crippen molar-refractivity contribution in [3.05, 3.63) is 29.8 Å². The Morgan fingerprint density at radius 1 is 1.46 bits per heavy atom. The smallest absolute Gasteiger partial charge is 0.317 e. The maximum absolute atomic E-state index is 10.8. The first-order valence-electron chi connectivity index (χ1n) is 3.86. The fourth-order valence-electron chi connectivity index (χ4n) is 1.17. The van der Waals surface area contributed by atoms with Gasteiger partial charge in [-0.25, -0.2) is 0 Å². The zero-order valence-electron chi connectivity index (χ0n) is 6.77. The van der Waals surface area contributed by atoms with Crippen LogP contribution in [0.1, 0.15) is 11.0 Å². The lowest BCUT2D eigenvalue weighted by Crippen LogP contribution is -1.98. The predicted octanol–water partition coefficient (Wildman–Crippen LogP) is 1.68. The molecule has 0 saturated carbocycles. The second-order valence-electron chi connectivity index (χ2n) is 2.69. The van der Waals surface area contributed by atoms with Crippen LogP contribution in [0.15, 0.2) is 24.3 Å². The van der Waals surface area contributed by atoms with E-state index in [4.69, 9.17) is 4.74 Å². The molecule has 0 aliphatic carbocycles. The van der Waals surface area contributed by atoms with Crippen LogP contribution in [0.3, 0.4) is 0 Å². The molecule has 0 amide bonds. The molecule has 13 heavy (non-hydrogen) atoms. The number of benzene rings is 1. The van der Waals surface area contributed by atoms with E-state index in [0.29, 0.717) is 11.3 Å². The number of hydrogen-bond acceptors (Lipinski definition) is 4. The number of thioether (sulfide) groups is 1. The lowest BCUT2D eigenvalue weighted by molar-refractivity contribution is -0.140. The van der Waals surface area contributed by atoms with E-state index in [-0.39, 0.29) is 17.2 Å². The van der Waals surface area contributed by atoms with Gasteiger partial charge in [0.05, 0.1) is 5.75 Å². The van der Waals surface area contributed by atoms with Gasteiger partial charge in [-0.15, -0.1) is 11.8 Å². The third-order valence-corrected chi connectivity index (χ3v) is 2.84. The van der Waals surface area contributed by atoms with Crippen molar-refractivity contribution < 1.29 is 14.6 Å². The van der Waals surface area contributed by atoms with Crippen LogP contribution in [-0.2, 0) is 9.53 Å². The van der Waals surface area contributed by atoms with Crippen molar-refractivity contribution in [2.75, 3.05) is 5.75 Å². The maximum Gasteiger partial charge on any atom is 0.317 e. The number of phenols is 1. The number of ether oxygens (including phenoxy) is 1. The summed E-state index contributed by atoms with van der Waals surface area (Å²) in [7, 11) is 0. The Kier molecular flexibility index (Phi) is 2.14. The number of carbonyl (C=O) groups is 1. The zero-order chi connectivity index (χ0) is 9.26. The van der Waals surface area contributed by atoms with Crippen LogP contribution in [0, 0.1) is 0 Å². The molecule has 1 aromatic carbocycles. The van der Waals surface area contributed by atoms with Crippen molar-refractivity contribution in [2.24, 2.45) is 0 Å². The lowest BCUT2D eigenvalue weighted by Gasteiger charge is -2.09. The van der Waals surface area contributed by atoms with Crippen LogP contribution in [0.4, 0.5) is 0 Å². The molecular formula is C9H8O3S. The van der Waals surface area contributed by atoms with Gasteiger partial charge in [0.2, 0.25) is 0 Å². The number of cyclic esters (lactones) is 1. The topological polar surface area (TPSA) is 46.5 Å². The van der Waals surface area contributed by atoms with Crippen LogP contribution in [0.25, 0.3) is 0 Å². The van der Waals surface area contributed by atoms with Crippen molar-refractivity contribution in [3.63, 3.8) is 0 Å². The lowest BCUT2D eigenvalue weighted by atomic mass is 10.2. The van der Waals surface area contributed by atoms with Crippen LogP contribution in [-0.4, -0.2) is 16.8 Å². The number of hydrogen-bond donors (Lipinski definition) is 1. The molecule has 1 aliphatic rings. The van der Waals surface area contributed by atoms with Gasteiger partial charge in [0.25, 0.3) is 0 Å². The first-order chi connectivity index (χ1) is 6.27. The average molecular weight is 196 g/mol. The number of para-hydroxylation sites is 1. The van der Waals surface area contributed by atoms with Crippen LogP contribution < -0.4 is 0 Å². The molecule has 2 rings (SSSR count). The molecule has 0 radical (unpaired) electrons. The van der Waals surface area contributed by atoms with Gasteiger partial charge in [0.15, 0.2) is 5.44 Å². The monoisotopic (exact) mass is 196 g/mol. The van der Waals surface area contributed by atoms with Crippen molar-refractivity contribution in [1.29, 1.82) is 0 Å². The second-order valence-corrected chi connectivity index (χ2v) is 3.74. The minimum Gasteiger partial charge on any atom is -0.507 e. The standard InChI is InChI=1S/C9H8O3S/c10-7-4-2-1-3-6(7)9-12-8(11)5-13-9/h1-4,9-10H,5H2. The quantitative estimate of drug-likeness (QED) is 0.694. The second kappa shape index (κ2) is 3.30. The van der Waals surface area contributed by atoms with Crippen LogP contribution in [0.5, 0.6) is 5.75 Å². The molecule has 1 N–H and O–H groups in total. The van der Waals surface area contributed by atoms with E-state index in [9.17, 15) is 9.90 Å². The summed E-state index contributed by atoms with van der Waals surface area (Å²) in [5, 5.41) is 9.45. The van der Waals surface area contributed by atoms with E-state index >= 15 is 0 Å². The number of rotatable bonds is 1. The Morgan fingerprint density at radius 2 is 2.23 bits per heavy atom. The third kappa shape index (κ3) is 1.62. The fraction of sp³-hybridized carbons (Fsp3) is 0.222. The highest BCUT2D eigenvalue weighted by molar-refractivity contribution is 8.00. The van der Waals surface area contributed by atoms with Gasteiger partial charge in [-0.05, 0) is 6.07 Å². The summed E-state index contributed by atoms with van der Waals surface area (Å²) in [4.78, 5) is 10.8. The molecule has 1 unspecified atom stereocenters. The summed E-state index contributed by atoms with van der Waals surface area (Å²) in [6, 6.07) is 6.88. The van der Waals surface area contributed by atoms with E-state index in [1.165, 1.54) is 11.8 Å². The van der Waals surface area contributed by atoms with Crippen molar-refractivity contribution >= 4 is 17.7 Å². The molecule has 68 valence electrons. The SMILES string of the molecule is O=C1CSC(c2ccccc2O)O1. The Hall–Kier alpha value is -1.16. The summed E-state index contributed by atoms with van der Waals surface area (Å²) in [5.74, 6) is 0.312. The molecule has 0 bridgehead atoms. The molecule has 1 atom stereocenters. The maximum atomic E-state index is 10.8. The summed E-state index contributed by atoms with van der Waals surface area (Å²) in [6.07, 6.45) is 0. The van der Waals surface area contributed by atoms with Gasteiger partial charge >= 0.3 is 5.97 Å². The summed E-state index contributed by atoms with van der Waals surface area (Å²) < 4.78 is 4.99. The van der Waals surface area contributed by atoms with E-state index in [0.717, 1.165) is 0 Å². The molecular weight excluding hydrogens is 188 g/mol. The Bertz CT molecular complexity index is 337. The number of esters is 1. The van der Waals surface area contributed by atoms with Gasteiger partial charge in [-0.1, -0.05) is 18.2 Å². The Labute approximate surface area is 79.7 Å². The van der Waals surface area contributed by atoms with Gasteiger partial charge in [-0.2, -0.15) is 0 Å². The predicted molar refractivity (Wildman–Crippen MR) is 49.4 cm³/mol. The van der Waals surface area contributed by atoms with E-state index in [1.807, 2.05) is 6.07 Å². The largest absolute Gasteiger partial charge is 0.507 e. The van der Waals surface area contributed by atoms with Gasteiger partial charge in [0, 0.05) is 5.56 Å². The highest BCUT2D eigenvalue weighted by Gasteiger charge is 2.27. The summed E-state index contributed by atoms with van der Waals surface area (Å²) in [6.45, 7) is 0. The van der Waals surface area contributed by atoms with E-state index in [1.54, 1.807) is 18.2 Å². The Balaban J connectivity index is 2.26. The number of carbonyl (C=O) groups excluding carboxylic acids is 1. The molecule has 1 aliphatic heterocycles.